The smallest absolute Gasteiger partial charge is 0.244 e. The number of methoxy groups -OCH3 is 1. The standard InChI is InChI=1S/C20H25FN2O7S3/c1-30-16-7-8-19(20(13-16)32(26,27)18-6-4-3-5-17(18)21)33(28,29)23-11-9-15(10-12-23)14-22-31(2,24)25/h3-8,13,15,22H,9-12,14H2,1-2H3. The van der Waals surface area contributed by atoms with Crippen molar-refractivity contribution in [2.24, 2.45) is 5.92 Å². The Labute approximate surface area is 193 Å². The lowest BCUT2D eigenvalue weighted by molar-refractivity contribution is 0.274. The van der Waals surface area contributed by atoms with Crippen LogP contribution < -0.4 is 9.46 Å². The molecule has 33 heavy (non-hydrogen) atoms. The summed E-state index contributed by atoms with van der Waals surface area (Å²) in [7, 11) is -10.8. The number of rotatable bonds is 8. The Balaban J connectivity index is 1.96. The molecule has 2 aromatic rings. The van der Waals surface area contributed by atoms with Crippen molar-refractivity contribution in [3.63, 3.8) is 0 Å². The van der Waals surface area contributed by atoms with Crippen molar-refractivity contribution in [3.8, 4) is 5.75 Å². The average molecular weight is 521 g/mol. The largest absolute Gasteiger partial charge is 0.497 e. The van der Waals surface area contributed by atoms with Crippen LogP contribution in [0.1, 0.15) is 12.8 Å². The SMILES string of the molecule is COc1ccc(S(=O)(=O)N2CCC(CNS(C)(=O)=O)CC2)c(S(=O)(=O)c2ccccc2F)c1. The summed E-state index contributed by atoms with van der Waals surface area (Å²) in [6.07, 6.45) is 1.84. The van der Waals surface area contributed by atoms with Crippen LogP contribution in [0.5, 0.6) is 5.75 Å². The molecule has 0 spiro atoms. The quantitative estimate of drug-likeness (QED) is 0.560. The van der Waals surface area contributed by atoms with Crippen LogP contribution >= 0.6 is 0 Å². The second-order valence-corrected chi connectivity index (χ2v) is 13.3. The molecule has 182 valence electrons. The molecule has 1 N–H and O–H groups in total. The highest BCUT2D eigenvalue weighted by Gasteiger charge is 2.35. The summed E-state index contributed by atoms with van der Waals surface area (Å²) in [6.45, 7) is 0.371. The minimum Gasteiger partial charge on any atom is -0.497 e. The van der Waals surface area contributed by atoms with Gasteiger partial charge < -0.3 is 4.74 Å². The van der Waals surface area contributed by atoms with Crippen LogP contribution in [-0.4, -0.2) is 62.6 Å². The fourth-order valence-corrected chi connectivity index (χ4v) is 7.71. The summed E-state index contributed by atoms with van der Waals surface area (Å²) in [5, 5.41) is 0. The first-order chi connectivity index (χ1) is 15.4. The van der Waals surface area contributed by atoms with Gasteiger partial charge in [0.25, 0.3) is 0 Å². The van der Waals surface area contributed by atoms with Gasteiger partial charge in [-0.1, -0.05) is 12.1 Å². The van der Waals surface area contributed by atoms with Crippen molar-refractivity contribution in [1.29, 1.82) is 0 Å². The van der Waals surface area contributed by atoms with Gasteiger partial charge in [0.15, 0.2) is 0 Å². The van der Waals surface area contributed by atoms with Gasteiger partial charge in [-0.2, -0.15) is 4.31 Å². The lowest BCUT2D eigenvalue weighted by Crippen LogP contribution is -2.41. The van der Waals surface area contributed by atoms with E-state index in [0.717, 1.165) is 34.8 Å². The van der Waals surface area contributed by atoms with Crippen LogP contribution in [0, 0.1) is 11.7 Å². The normalized spacial score (nSPS) is 16.6. The van der Waals surface area contributed by atoms with E-state index >= 15 is 0 Å². The average Bonchev–Trinajstić information content (AvgIpc) is 2.77. The van der Waals surface area contributed by atoms with E-state index in [9.17, 15) is 29.6 Å². The van der Waals surface area contributed by atoms with E-state index in [1.165, 1.54) is 25.3 Å². The minimum absolute atomic E-state index is 0.0522. The number of nitrogens with zero attached hydrogens (tertiary/aromatic N) is 1. The zero-order valence-corrected chi connectivity index (χ0v) is 20.5. The van der Waals surface area contributed by atoms with Crippen molar-refractivity contribution in [3.05, 3.63) is 48.3 Å². The molecule has 1 aliphatic heterocycles. The van der Waals surface area contributed by atoms with E-state index in [1.54, 1.807) is 0 Å². The number of sulfone groups is 1. The fraction of sp³-hybridized carbons (Fsp3) is 0.400. The zero-order chi connectivity index (χ0) is 24.4. The van der Waals surface area contributed by atoms with Crippen LogP contribution in [0.2, 0.25) is 0 Å². The molecule has 1 aliphatic rings. The predicted molar refractivity (Wildman–Crippen MR) is 119 cm³/mol. The second kappa shape index (κ2) is 9.66. The van der Waals surface area contributed by atoms with Crippen LogP contribution in [-0.2, 0) is 29.9 Å². The van der Waals surface area contributed by atoms with Crippen LogP contribution in [0.3, 0.4) is 0 Å². The molecule has 1 saturated heterocycles. The van der Waals surface area contributed by atoms with E-state index < -0.39 is 50.4 Å². The summed E-state index contributed by atoms with van der Waals surface area (Å²) >= 11 is 0. The lowest BCUT2D eigenvalue weighted by Gasteiger charge is -2.31. The zero-order valence-electron chi connectivity index (χ0n) is 18.1. The number of nitrogens with one attached hydrogen (secondary N) is 1. The Kier molecular flexibility index (Phi) is 7.49. The van der Waals surface area contributed by atoms with Crippen molar-refractivity contribution < 1.29 is 34.4 Å². The van der Waals surface area contributed by atoms with Gasteiger partial charge in [0.1, 0.15) is 21.4 Å². The molecule has 0 radical (unpaired) electrons. The number of ether oxygens (including phenoxy) is 1. The Morgan fingerprint density at radius 3 is 2.18 bits per heavy atom. The van der Waals surface area contributed by atoms with E-state index in [2.05, 4.69) is 4.72 Å². The molecule has 9 nitrogen and oxygen atoms in total. The highest BCUT2D eigenvalue weighted by atomic mass is 32.2. The Morgan fingerprint density at radius 1 is 0.970 bits per heavy atom. The maximum atomic E-state index is 14.3. The summed E-state index contributed by atoms with van der Waals surface area (Å²) in [5.74, 6) is -0.944. The van der Waals surface area contributed by atoms with E-state index in [4.69, 9.17) is 4.74 Å². The molecule has 1 heterocycles. The summed E-state index contributed by atoms with van der Waals surface area (Å²) in [4.78, 5) is -1.69. The molecule has 0 unspecified atom stereocenters. The van der Waals surface area contributed by atoms with E-state index in [1.807, 2.05) is 0 Å². The van der Waals surface area contributed by atoms with Crippen molar-refractivity contribution in [1.82, 2.24) is 9.03 Å². The fourth-order valence-electron chi connectivity index (χ4n) is 3.58. The first-order valence-electron chi connectivity index (χ1n) is 9.98. The maximum Gasteiger partial charge on any atom is 0.244 e. The van der Waals surface area contributed by atoms with Crippen LogP contribution in [0.25, 0.3) is 0 Å². The summed E-state index contributed by atoms with van der Waals surface area (Å²) in [5.41, 5.74) is 0. The number of sulfonamides is 2. The number of halogens is 1. The number of hydrogen-bond acceptors (Lipinski definition) is 7. The van der Waals surface area contributed by atoms with Gasteiger partial charge in [0.2, 0.25) is 29.9 Å². The van der Waals surface area contributed by atoms with Crippen molar-refractivity contribution >= 4 is 29.9 Å². The molecule has 0 bridgehead atoms. The lowest BCUT2D eigenvalue weighted by atomic mass is 9.99. The highest BCUT2D eigenvalue weighted by Crippen LogP contribution is 2.34. The van der Waals surface area contributed by atoms with Gasteiger partial charge in [-0.15, -0.1) is 0 Å². The van der Waals surface area contributed by atoms with Gasteiger partial charge in [-0.3, -0.25) is 0 Å². The van der Waals surface area contributed by atoms with E-state index in [-0.39, 0.29) is 31.3 Å². The summed E-state index contributed by atoms with van der Waals surface area (Å²) in [6, 6.07) is 8.27. The van der Waals surface area contributed by atoms with Gasteiger partial charge >= 0.3 is 0 Å². The summed E-state index contributed by atoms with van der Waals surface area (Å²) < 4.78 is 98.9. The van der Waals surface area contributed by atoms with E-state index in [0.29, 0.717) is 12.8 Å². The topological polar surface area (TPSA) is 127 Å². The van der Waals surface area contributed by atoms with Gasteiger partial charge in [-0.25, -0.2) is 34.4 Å². The molecule has 2 aromatic carbocycles. The number of hydrogen-bond donors (Lipinski definition) is 1. The third-order valence-corrected chi connectivity index (χ3v) is 10.00. The Morgan fingerprint density at radius 2 is 1.61 bits per heavy atom. The van der Waals surface area contributed by atoms with Gasteiger partial charge in [0, 0.05) is 25.7 Å². The monoisotopic (exact) mass is 520 g/mol. The Bertz CT molecular complexity index is 1340. The third kappa shape index (κ3) is 5.72. The maximum absolute atomic E-state index is 14.3. The van der Waals surface area contributed by atoms with Crippen LogP contribution in [0.15, 0.2) is 57.2 Å². The molecule has 13 heteroatoms. The van der Waals surface area contributed by atoms with Gasteiger partial charge in [-0.05, 0) is 43.0 Å². The Hall–Kier alpha value is -2.06. The number of piperidine rings is 1. The molecule has 0 atom stereocenters. The third-order valence-electron chi connectivity index (χ3n) is 5.39. The molecular weight excluding hydrogens is 495 g/mol. The minimum atomic E-state index is -4.53. The van der Waals surface area contributed by atoms with Crippen molar-refractivity contribution in [2.45, 2.75) is 27.5 Å². The first-order valence-corrected chi connectivity index (χ1v) is 14.8. The molecule has 0 amide bonds. The van der Waals surface area contributed by atoms with Gasteiger partial charge in [0.05, 0.1) is 18.3 Å². The molecule has 3 rings (SSSR count). The molecule has 0 aliphatic carbocycles. The molecular formula is C20H25FN2O7S3. The molecule has 1 fully saturated rings. The highest BCUT2D eigenvalue weighted by molar-refractivity contribution is 7.93. The predicted octanol–water partition coefficient (Wildman–Crippen LogP) is 1.62. The van der Waals surface area contributed by atoms with Crippen molar-refractivity contribution in [2.75, 3.05) is 33.0 Å². The second-order valence-electron chi connectivity index (χ2n) is 7.71. The number of benzene rings is 2. The molecule has 0 saturated carbocycles. The van der Waals surface area contributed by atoms with Crippen LogP contribution in [0.4, 0.5) is 4.39 Å². The molecule has 0 aromatic heterocycles. The first kappa shape index (κ1) is 25.6.